The van der Waals surface area contributed by atoms with Gasteiger partial charge in [0.15, 0.2) is 0 Å². The van der Waals surface area contributed by atoms with Crippen molar-refractivity contribution in [1.82, 2.24) is 9.88 Å². The van der Waals surface area contributed by atoms with Crippen LogP contribution < -0.4 is 5.32 Å². The van der Waals surface area contributed by atoms with E-state index in [4.69, 9.17) is 0 Å². The highest BCUT2D eigenvalue weighted by atomic mass is 16.2. The fourth-order valence-electron chi connectivity index (χ4n) is 2.77. The monoisotopic (exact) mass is 270 g/mol. The Hall–Kier alpha value is -2.43. The quantitative estimate of drug-likeness (QED) is 0.676. The smallest absolute Gasteiger partial charge is 0.234 e. The predicted molar refractivity (Wildman–Crippen MR) is 73.1 cm³/mol. The Kier molecular flexibility index (Phi) is 3.10. The molecule has 1 atom stereocenters. The molecule has 1 aromatic heterocycles. The first-order valence-corrected chi connectivity index (χ1v) is 6.56. The number of para-hydroxylation sites is 1. The van der Waals surface area contributed by atoms with Gasteiger partial charge in [-0.2, -0.15) is 0 Å². The lowest BCUT2D eigenvalue weighted by Crippen LogP contribution is -2.39. The number of hydrogen-bond donors (Lipinski definition) is 1. The molecule has 1 aliphatic heterocycles. The van der Waals surface area contributed by atoms with Crippen molar-refractivity contribution in [1.29, 1.82) is 0 Å². The molecular formula is C15H14N2O3. The number of aldehydes is 1. The molecule has 2 amide bonds. The number of aromatic nitrogens is 1. The second kappa shape index (κ2) is 4.92. The molecule has 1 fully saturated rings. The van der Waals surface area contributed by atoms with Gasteiger partial charge >= 0.3 is 0 Å². The molecule has 5 heteroatoms. The Morgan fingerprint density at radius 3 is 2.85 bits per heavy atom. The lowest BCUT2D eigenvalue weighted by molar-refractivity contribution is -0.134. The Morgan fingerprint density at radius 2 is 2.10 bits per heavy atom. The van der Waals surface area contributed by atoms with E-state index in [0.29, 0.717) is 12.8 Å². The van der Waals surface area contributed by atoms with Gasteiger partial charge in [0, 0.05) is 23.5 Å². The molecule has 1 unspecified atom stereocenters. The number of carbonyl (C=O) groups excluding carboxylic acids is 3. The molecule has 20 heavy (non-hydrogen) atoms. The molecule has 102 valence electrons. The van der Waals surface area contributed by atoms with E-state index in [1.165, 1.54) is 0 Å². The summed E-state index contributed by atoms with van der Waals surface area (Å²) < 4.78 is 1.83. The van der Waals surface area contributed by atoms with E-state index in [1.807, 2.05) is 35.0 Å². The van der Waals surface area contributed by atoms with Crippen molar-refractivity contribution in [2.24, 2.45) is 0 Å². The summed E-state index contributed by atoms with van der Waals surface area (Å²) in [6.07, 6.45) is 3.54. The molecule has 0 bridgehead atoms. The number of piperidine rings is 1. The predicted octanol–water partition coefficient (Wildman–Crippen LogP) is 1.36. The maximum atomic E-state index is 12.0. The SMILES string of the molecule is O=CCn1cc(C2CCC(=O)NC2=O)c2ccccc21. The second-order valence-electron chi connectivity index (χ2n) is 4.92. The van der Waals surface area contributed by atoms with Crippen LogP contribution in [0.25, 0.3) is 10.9 Å². The van der Waals surface area contributed by atoms with Gasteiger partial charge in [-0.05, 0) is 18.1 Å². The summed E-state index contributed by atoms with van der Waals surface area (Å²) in [6, 6.07) is 7.67. The highest BCUT2D eigenvalue weighted by Crippen LogP contribution is 2.32. The standard InChI is InChI=1S/C15H14N2O3/c18-8-7-17-9-12(10-3-1-2-4-13(10)17)11-5-6-14(19)16-15(11)20/h1-4,8-9,11H,5-7H2,(H,16,19,20). The molecule has 0 radical (unpaired) electrons. The van der Waals surface area contributed by atoms with Gasteiger partial charge in [-0.15, -0.1) is 0 Å². The topological polar surface area (TPSA) is 68.2 Å². The number of fused-ring (bicyclic) bond motifs is 1. The fourth-order valence-corrected chi connectivity index (χ4v) is 2.77. The van der Waals surface area contributed by atoms with Crippen LogP contribution in [0.3, 0.4) is 0 Å². The van der Waals surface area contributed by atoms with Gasteiger partial charge < -0.3 is 9.36 Å². The number of nitrogens with one attached hydrogen (secondary N) is 1. The average Bonchev–Trinajstić information content (AvgIpc) is 2.79. The van der Waals surface area contributed by atoms with E-state index < -0.39 is 0 Å². The average molecular weight is 270 g/mol. The van der Waals surface area contributed by atoms with Crippen LogP contribution in [0.5, 0.6) is 0 Å². The minimum Gasteiger partial charge on any atom is -0.340 e. The number of nitrogens with zero attached hydrogens (tertiary/aromatic N) is 1. The highest BCUT2D eigenvalue weighted by molar-refractivity contribution is 6.03. The van der Waals surface area contributed by atoms with E-state index >= 15 is 0 Å². The third-order valence-corrected chi connectivity index (χ3v) is 3.71. The zero-order valence-corrected chi connectivity index (χ0v) is 10.8. The van der Waals surface area contributed by atoms with Crippen LogP contribution in [0.1, 0.15) is 24.3 Å². The zero-order chi connectivity index (χ0) is 14.1. The molecule has 3 rings (SSSR count). The van der Waals surface area contributed by atoms with Crippen LogP contribution >= 0.6 is 0 Å². The van der Waals surface area contributed by atoms with Crippen LogP contribution in [0, 0.1) is 0 Å². The number of amides is 2. The molecule has 1 N–H and O–H groups in total. The minimum atomic E-state index is -0.328. The van der Waals surface area contributed by atoms with Gasteiger partial charge in [-0.3, -0.25) is 14.9 Å². The van der Waals surface area contributed by atoms with Crippen molar-refractivity contribution >= 4 is 29.0 Å². The highest BCUT2D eigenvalue weighted by Gasteiger charge is 2.30. The first-order valence-electron chi connectivity index (χ1n) is 6.56. The van der Waals surface area contributed by atoms with Crippen LogP contribution in [0.4, 0.5) is 0 Å². The van der Waals surface area contributed by atoms with Crippen LogP contribution in [0.15, 0.2) is 30.5 Å². The summed E-state index contributed by atoms with van der Waals surface area (Å²) in [5.41, 5.74) is 1.81. The van der Waals surface area contributed by atoms with Gasteiger partial charge in [-0.1, -0.05) is 18.2 Å². The lowest BCUT2D eigenvalue weighted by atomic mass is 9.90. The zero-order valence-electron chi connectivity index (χ0n) is 10.8. The third-order valence-electron chi connectivity index (χ3n) is 3.71. The van der Waals surface area contributed by atoms with Crippen LogP contribution in [0.2, 0.25) is 0 Å². The molecule has 0 saturated carbocycles. The molecule has 2 aromatic rings. The summed E-state index contributed by atoms with van der Waals surface area (Å²) in [7, 11) is 0. The molecule has 1 aliphatic rings. The minimum absolute atomic E-state index is 0.220. The molecule has 0 aliphatic carbocycles. The maximum Gasteiger partial charge on any atom is 0.234 e. The summed E-state index contributed by atoms with van der Waals surface area (Å²) >= 11 is 0. The van der Waals surface area contributed by atoms with Gasteiger partial charge in [0.05, 0.1) is 12.5 Å². The Morgan fingerprint density at radius 1 is 1.30 bits per heavy atom. The van der Waals surface area contributed by atoms with Crippen molar-refractivity contribution in [2.45, 2.75) is 25.3 Å². The largest absolute Gasteiger partial charge is 0.340 e. The van der Waals surface area contributed by atoms with E-state index in [0.717, 1.165) is 22.8 Å². The summed E-state index contributed by atoms with van der Waals surface area (Å²) in [5, 5.41) is 3.34. The number of benzene rings is 1. The third kappa shape index (κ3) is 2.01. The van der Waals surface area contributed by atoms with Crippen molar-refractivity contribution < 1.29 is 14.4 Å². The first kappa shape index (κ1) is 12.6. The Labute approximate surface area is 115 Å². The number of rotatable bonds is 3. The number of carbonyl (C=O) groups is 3. The van der Waals surface area contributed by atoms with E-state index in [-0.39, 0.29) is 24.3 Å². The van der Waals surface area contributed by atoms with Crippen molar-refractivity contribution in [3.8, 4) is 0 Å². The molecule has 1 saturated heterocycles. The molecule has 0 spiro atoms. The fraction of sp³-hybridized carbons (Fsp3) is 0.267. The van der Waals surface area contributed by atoms with E-state index in [9.17, 15) is 14.4 Å². The molecular weight excluding hydrogens is 256 g/mol. The second-order valence-corrected chi connectivity index (χ2v) is 4.92. The van der Waals surface area contributed by atoms with Gasteiger partial charge in [-0.25, -0.2) is 0 Å². The van der Waals surface area contributed by atoms with E-state index in [2.05, 4.69) is 5.32 Å². The molecule has 5 nitrogen and oxygen atoms in total. The Balaban J connectivity index is 2.09. The summed E-state index contributed by atoms with van der Waals surface area (Å²) in [5.74, 6) is -0.802. The van der Waals surface area contributed by atoms with E-state index in [1.54, 1.807) is 0 Å². The van der Waals surface area contributed by atoms with Crippen LogP contribution in [-0.2, 0) is 20.9 Å². The summed E-state index contributed by atoms with van der Waals surface area (Å²) in [6.45, 7) is 0.258. The molecule has 1 aromatic carbocycles. The van der Waals surface area contributed by atoms with Gasteiger partial charge in [0.25, 0.3) is 0 Å². The first-order chi connectivity index (χ1) is 9.70. The summed E-state index contributed by atoms with van der Waals surface area (Å²) in [4.78, 5) is 34.0. The Bertz CT molecular complexity index is 702. The van der Waals surface area contributed by atoms with Crippen LogP contribution in [-0.4, -0.2) is 22.7 Å². The number of hydrogen-bond acceptors (Lipinski definition) is 3. The van der Waals surface area contributed by atoms with Crippen molar-refractivity contribution in [3.63, 3.8) is 0 Å². The number of imide groups is 1. The normalized spacial score (nSPS) is 19.1. The maximum absolute atomic E-state index is 12.0. The van der Waals surface area contributed by atoms with Gasteiger partial charge in [0.1, 0.15) is 6.29 Å². The van der Waals surface area contributed by atoms with Gasteiger partial charge in [0.2, 0.25) is 11.8 Å². The van der Waals surface area contributed by atoms with Crippen molar-refractivity contribution in [2.75, 3.05) is 0 Å². The van der Waals surface area contributed by atoms with Crippen molar-refractivity contribution in [3.05, 3.63) is 36.0 Å². The lowest BCUT2D eigenvalue weighted by Gasteiger charge is -2.20. The molecule has 2 heterocycles.